The largest absolute Gasteiger partial charge is 0.526 e. The van der Waals surface area contributed by atoms with Gasteiger partial charge in [-0.15, -0.1) is 0 Å². The van der Waals surface area contributed by atoms with Crippen LogP contribution < -0.4 is 0 Å². The first kappa shape index (κ1) is 12.8. The summed E-state index contributed by atoms with van der Waals surface area (Å²) in [5, 5.41) is 15.0. The molecule has 0 aliphatic heterocycles. The highest BCUT2D eigenvalue weighted by Crippen LogP contribution is 2.36. The summed E-state index contributed by atoms with van der Waals surface area (Å²) < 4.78 is 13.7. The second kappa shape index (κ2) is 4.85. The summed E-state index contributed by atoms with van der Waals surface area (Å²) in [4.78, 5) is 37.0. The molecule has 14 heavy (non-hydrogen) atoms. The zero-order chi connectivity index (χ0) is 11.4. The Hall–Kier alpha value is -1.24. The number of rotatable bonds is 5. The lowest BCUT2D eigenvalue weighted by molar-refractivity contribution is -0.135. The fraction of sp³-hybridized carbons (Fsp3) is 0.400. The fourth-order valence-electron chi connectivity index (χ4n) is 0.512. The molecule has 8 nitrogen and oxygen atoms in total. The minimum absolute atomic E-state index is 0.436. The Morgan fingerprint density at radius 1 is 1.29 bits per heavy atom. The van der Waals surface area contributed by atoms with Crippen LogP contribution in [0, 0.1) is 5.41 Å². The topological polar surface area (TPSA) is 145 Å². The third-order valence-corrected chi connectivity index (χ3v) is 1.50. The van der Waals surface area contributed by atoms with E-state index in [1.165, 1.54) is 0 Å². The van der Waals surface area contributed by atoms with Gasteiger partial charge in [-0.3, -0.25) is 20.0 Å². The lowest BCUT2D eigenvalue weighted by Crippen LogP contribution is -2.13. The number of hydrogen-bond donors (Lipinski definition) is 4. The molecule has 4 N–H and O–H groups in total. The van der Waals surface area contributed by atoms with Crippen LogP contribution >= 0.6 is 7.82 Å². The number of carbonyl (C=O) groups excluding carboxylic acids is 1. The van der Waals surface area contributed by atoms with Gasteiger partial charge in [0.05, 0.1) is 6.42 Å². The molecule has 0 aromatic rings. The molecule has 0 unspecified atom stereocenters. The molecular weight excluding hydrogens is 217 g/mol. The van der Waals surface area contributed by atoms with Gasteiger partial charge < -0.3 is 9.63 Å². The van der Waals surface area contributed by atoms with Crippen LogP contribution in [0.15, 0.2) is 0 Å². The first-order valence-corrected chi connectivity index (χ1v) is 4.84. The van der Waals surface area contributed by atoms with Crippen LogP contribution in [0.1, 0.15) is 12.8 Å². The molecule has 0 amide bonds. The van der Waals surface area contributed by atoms with E-state index in [4.69, 9.17) is 20.3 Å². The molecule has 0 bridgehead atoms. The Morgan fingerprint density at radius 2 is 1.79 bits per heavy atom. The number of phosphoric ester groups is 1. The molecule has 0 heterocycles. The average molecular weight is 225 g/mol. The van der Waals surface area contributed by atoms with Crippen molar-refractivity contribution in [3.63, 3.8) is 0 Å². The molecule has 0 radical (unpaired) electrons. The average Bonchev–Trinajstić information content (AvgIpc) is 1.96. The quantitative estimate of drug-likeness (QED) is 0.364. The van der Waals surface area contributed by atoms with Crippen LogP contribution in [-0.4, -0.2) is 32.5 Å². The van der Waals surface area contributed by atoms with Gasteiger partial charge in [-0.05, 0) is 0 Å². The van der Waals surface area contributed by atoms with E-state index in [0.717, 1.165) is 0 Å². The minimum atomic E-state index is -4.87. The number of carboxylic acid groups (broad SMARTS) is 1. The Balaban J connectivity index is 3.93. The normalized spacial score (nSPS) is 10.7. The van der Waals surface area contributed by atoms with Crippen molar-refractivity contribution in [3.05, 3.63) is 0 Å². The summed E-state index contributed by atoms with van der Waals surface area (Å²) in [5.74, 6) is -2.74. The molecule has 0 aliphatic carbocycles. The van der Waals surface area contributed by atoms with E-state index in [1.807, 2.05) is 0 Å². The maximum atomic E-state index is 10.6. The molecule has 0 saturated heterocycles. The number of carbonyl (C=O) groups is 2. The van der Waals surface area contributed by atoms with E-state index in [-0.39, 0.29) is 0 Å². The SMILES string of the molecule is N=C(CCC(=O)OP(=O)(O)O)C(=O)O. The van der Waals surface area contributed by atoms with Crippen LogP contribution in [0.3, 0.4) is 0 Å². The van der Waals surface area contributed by atoms with Gasteiger partial charge in [0, 0.05) is 6.42 Å². The second-order valence-electron chi connectivity index (χ2n) is 2.24. The second-order valence-corrected chi connectivity index (χ2v) is 3.40. The predicted octanol–water partition coefficient (Wildman–Crippen LogP) is -0.493. The highest BCUT2D eigenvalue weighted by atomic mass is 31.2. The van der Waals surface area contributed by atoms with Crippen LogP contribution in [0.2, 0.25) is 0 Å². The lowest BCUT2D eigenvalue weighted by atomic mass is 10.2. The molecule has 0 spiro atoms. The monoisotopic (exact) mass is 225 g/mol. The molecule has 9 heteroatoms. The van der Waals surface area contributed by atoms with Crippen molar-refractivity contribution in [2.75, 3.05) is 0 Å². The van der Waals surface area contributed by atoms with Crippen LogP contribution in [0.5, 0.6) is 0 Å². The summed E-state index contributed by atoms with van der Waals surface area (Å²) in [6.07, 6.45) is -0.996. The van der Waals surface area contributed by atoms with Crippen molar-refractivity contribution in [2.24, 2.45) is 0 Å². The van der Waals surface area contributed by atoms with Crippen LogP contribution in [0.4, 0.5) is 0 Å². The molecule has 80 valence electrons. The van der Waals surface area contributed by atoms with Gasteiger partial charge in [-0.1, -0.05) is 0 Å². The van der Waals surface area contributed by atoms with Crippen molar-refractivity contribution in [1.82, 2.24) is 0 Å². The van der Waals surface area contributed by atoms with Crippen molar-refractivity contribution < 1.29 is 33.6 Å². The molecule has 0 aliphatic rings. The Morgan fingerprint density at radius 3 is 2.14 bits per heavy atom. The van der Waals surface area contributed by atoms with Crippen molar-refractivity contribution in [2.45, 2.75) is 12.8 Å². The van der Waals surface area contributed by atoms with Crippen molar-refractivity contribution in [3.8, 4) is 0 Å². The van der Waals surface area contributed by atoms with E-state index in [2.05, 4.69) is 4.52 Å². The fourth-order valence-corrected chi connectivity index (χ4v) is 0.869. The van der Waals surface area contributed by atoms with E-state index in [0.29, 0.717) is 0 Å². The third-order valence-electron chi connectivity index (χ3n) is 1.06. The molecular formula is C5H8NO7P. The maximum Gasteiger partial charge on any atom is 0.526 e. The molecule has 0 saturated carbocycles. The van der Waals surface area contributed by atoms with Crippen LogP contribution in [0.25, 0.3) is 0 Å². The molecule has 0 rings (SSSR count). The molecule has 0 fully saturated rings. The number of hydrogen-bond acceptors (Lipinski definition) is 5. The highest BCUT2D eigenvalue weighted by Gasteiger charge is 2.20. The van der Waals surface area contributed by atoms with E-state index < -0.39 is 38.3 Å². The van der Waals surface area contributed by atoms with Gasteiger partial charge in [0.15, 0.2) is 0 Å². The zero-order valence-corrected chi connectivity index (χ0v) is 7.73. The van der Waals surface area contributed by atoms with Gasteiger partial charge in [0.1, 0.15) is 5.71 Å². The van der Waals surface area contributed by atoms with Gasteiger partial charge in [0.25, 0.3) is 0 Å². The predicted molar refractivity (Wildman–Crippen MR) is 42.7 cm³/mol. The smallest absolute Gasteiger partial charge is 0.477 e. The van der Waals surface area contributed by atoms with Crippen molar-refractivity contribution >= 4 is 25.5 Å². The third kappa shape index (κ3) is 6.30. The number of nitrogens with one attached hydrogen (secondary N) is 1. The first-order valence-electron chi connectivity index (χ1n) is 3.31. The standard InChI is InChI=1S/C5H8NO7P/c6-3(5(8)9)1-2-4(7)13-14(10,11)12/h6H,1-2H2,(H,8,9)(H2,10,11,12). The Labute approximate surface area is 78.3 Å². The maximum absolute atomic E-state index is 10.6. The highest BCUT2D eigenvalue weighted by molar-refractivity contribution is 7.46. The van der Waals surface area contributed by atoms with Gasteiger partial charge in [-0.25, -0.2) is 9.36 Å². The summed E-state index contributed by atoms with van der Waals surface area (Å²) >= 11 is 0. The molecule has 0 atom stereocenters. The lowest BCUT2D eigenvalue weighted by Gasteiger charge is -2.03. The summed E-state index contributed by atoms with van der Waals surface area (Å²) in [5.41, 5.74) is -0.729. The summed E-state index contributed by atoms with van der Waals surface area (Å²) in [6, 6.07) is 0. The number of aliphatic carboxylic acids is 1. The molecule has 0 aromatic heterocycles. The van der Waals surface area contributed by atoms with Crippen LogP contribution in [-0.2, 0) is 18.7 Å². The first-order chi connectivity index (χ1) is 6.22. The van der Waals surface area contributed by atoms with E-state index >= 15 is 0 Å². The zero-order valence-electron chi connectivity index (χ0n) is 6.84. The molecule has 0 aromatic carbocycles. The van der Waals surface area contributed by atoms with E-state index in [9.17, 15) is 14.2 Å². The van der Waals surface area contributed by atoms with Gasteiger partial charge >= 0.3 is 19.8 Å². The van der Waals surface area contributed by atoms with Gasteiger partial charge in [0.2, 0.25) is 0 Å². The minimum Gasteiger partial charge on any atom is -0.477 e. The van der Waals surface area contributed by atoms with Gasteiger partial charge in [-0.2, -0.15) is 0 Å². The summed E-state index contributed by atoms with van der Waals surface area (Å²) in [7, 11) is -4.87. The van der Waals surface area contributed by atoms with Crippen molar-refractivity contribution in [1.29, 1.82) is 5.41 Å². The number of carboxylic acids is 1. The Kier molecular flexibility index (Phi) is 4.42. The summed E-state index contributed by atoms with van der Waals surface area (Å²) in [6.45, 7) is 0. The number of phosphoric acid groups is 1. The Bertz CT molecular complexity index is 305. The van der Waals surface area contributed by atoms with E-state index in [1.54, 1.807) is 0 Å².